The molecule has 0 saturated carbocycles. The molecule has 0 bridgehead atoms. The first-order valence-corrected chi connectivity index (χ1v) is 9.21. The van der Waals surface area contributed by atoms with E-state index in [0.29, 0.717) is 10.7 Å². The van der Waals surface area contributed by atoms with Crippen molar-refractivity contribution in [3.63, 3.8) is 0 Å². The fraction of sp³-hybridized carbons (Fsp3) is 0.0500. The molecule has 1 aromatic heterocycles. The summed E-state index contributed by atoms with van der Waals surface area (Å²) in [5.74, 6) is -1.75. The lowest BCUT2D eigenvalue weighted by Crippen LogP contribution is -2.32. The van der Waals surface area contributed by atoms with Crippen molar-refractivity contribution in [2.45, 2.75) is 6.92 Å². The highest BCUT2D eigenvalue weighted by molar-refractivity contribution is 7.18. The first-order chi connectivity index (χ1) is 13.6. The number of benzene rings is 2. The average molecular weight is 391 g/mol. The Kier molecular flexibility index (Phi) is 6.37. The van der Waals surface area contributed by atoms with Crippen molar-refractivity contribution < 1.29 is 9.59 Å². The van der Waals surface area contributed by atoms with Crippen molar-refractivity contribution in [1.29, 1.82) is 0 Å². The molecule has 0 radical (unpaired) electrons. The van der Waals surface area contributed by atoms with Crippen LogP contribution in [0.3, 0.4) is 0 Å². The molecule has 140 valence electrons. The number of hydrogen-bond donors (Lipinski definition) is 2. The molecule has 2 N–H and O–H groups in total. The summed E-state index contributed by atoms with van der Waals surface area (Å²) >= 11 is 1.18. The number of carbonyl (C=O) groups is 2. The number of nitrogens with one attached hydrogen (secondary N) is 2. The third-order valence-electron chi connectivity index (χ3n) is 3.52. The Morgan fingerprint density at radius 1 is 0.964 bits per heavy atom. The van der Waals surface area contributed by atoms with Crippen molar-refractivity contribution >= 4 is 40.1 Å². The van der Waals surface area contributed by atoms with Crippen LogP contribution in [0.2, 0.25) is 0 Å². The number of allylic oxidation sites excluding steroid dienone is 1. The molecule has 2 aromatic carbocycles. The number of hydrogen-bond acceptors (Lipinski definition) is 6. The lowest BCUT2D eigenvalue weighted by Gasteiger charge is -2.00. The molecule has 3 rings (SSSR count). The molecule has 0 unspecified atom stereocenters. The fourth-order valence-electron chi connectivity index (χ4n) is 2.13. The van der Waals surface area contributed by atoms with Gasteiger partial charge in [-0.25, -0.2) is 5.43 Å². The summed E-state index contributed by atoms with van der Waals surface area (Å²) < 4.78 is 0. The quantitative estimate of drug-likeness (QED) is 0.396. The Balaban J connectivity index is 1.54. The van der Waals surface area contributed by atoms with Gasteiger partial charge in [0.15, 0.2) is 0 Å². The van der Waals surface area contributed by atoms with Gasteiger partial charge in [-0.15, -0.1) is 10.2 Å². The summed E-state index contributed by atoms with van der Waals surface area (Å²) in [6.07, 6.45) is 3.60. The maximum atomic E-state index is 12.0. The van der Waals surface area contributed by atoms with Gasteiger partial charge in [-0.3, -0.25) is 14.9 Å². The molecule has 0 aliphatic rings. The Morgan fingerprint density at radius 2 is 1.64 bits per heavy atom. The van der Waals surface area contributed by atoms with Crippen molar-refractivity contribution in [3.8, 4) is 10.6 Å². The summed E-state index contributed by atoms with van der Waals surface area (Å²) in [6.45, 7) is 1.72. The topological polar surface area (TPSA) is 96.3 Å². The molecule has 2 amide bonds. The van der Waals surface area contributed by atoms with Gasteiger partial charge in [0.1, 0.15) is 5.01 Å². The van der Waals surface area contributed by atoms with Crippen LogP contribution < -0.4 is 10.7 Å². The van der Waals surface area contributed by atoms with E-state index < -0.39 is 11.8 Å². The van der Waals surface area contributed by atoms with E-state index in [-0.39, 0.29) is 5.13 Å². The van der Waals surface area contributed by atoms with Gasteiger partial charge in [-0.05, 0) is 18.6 Å². The first-order valence-electron chi connectivity index (χ1n) is 8.39. The van der Waals surface area contributed by atoms with Gasteiger partial charge < -0.3 is 0 Å². The molecule has 3 aromatic rings. The van der Waals surface area contributed by atoms with Gasteiger partial charge in [0.25, 0.3) is 0 Å². The van der Waals surface area contributed by atoms with Crippen LogP contribution in [0.1, 0.15) is 12.5 Å². The number of hydrazone groups is 1. The minimum absolute atomic E-state index is 0.240. The minimum atomic E-state index is -0.885. The molecular formula is C20H17N5O2S. The van der Waals surface area contributed by atoms with Gasteiger partial charge in [0, 0.05) is 5.56 Å². The van der Waals surface area contributed by atoms with E-state index in [1.807, 2.05) is 66.7 Å². The minimum Gasteiger partial charge on any atom is -0.292 e. The van der Waals surface area contributed by atoms with Gasteiger partial charge in [-0.2, -0.15) is 5.10 Å². The van der Waals surface area contributed by atoms with Gasteiger partial charge >= 0.3 is 11.8 Å². The SMILES string of the molecule is CC(C=Cc1ccccc1)=NNC(=O)C(=O)Nc1nnc(-c2ccccc2)s1. The molecule has 7 nitrogen and oxygen atoms in total. The van der Waals surface area contributed by atoms with E-state index >= 15 is 0 Å². The highest BCUT2D eigenvalue weighted by Gasteiger charge is 2.16. The predicted molar refractivity (Wildman–Crippen MR) is 111 cm³/mol. The zero-order chi connectivity index (χ0) is 19.8. The zero-order valence-corrected chi connectivity index (χ0v) is 15.8. The second kappa shape index (κ2) is 9.33. The summed E-state index contributed by atoms with van der Waals surface area (Å²) in [7, 11) is 0. The fourth-order valence-corrected chi connectivity index (χ4v) is 2.88. The van der Waals surface area contributed by atoms with E-state index in [0.717, 1.165) is 11.1 Å². The highest BCUT2D eigenvalue weighted by Crippen LogP contribution is 2.25. The second-order valence-electron chi connectivity index (χ2n) is 5.67. The summed E-state index contributed by atoms with van der Waals surface area (Å²) in [5.41, 5.74) is 4.66. The smallest absolute Gasteiger partial charge is 0.292 e. The lowest BCUT2D eigenvalue weighted by molar-refractivity contribution is -0.136. The van der Waals surface area contributed by atoms with E-state index in [2.05, 4.69) is 26.0 Å². The molecule has 0 atom stereocenters. The average Bonchev–Trinajstić information content (AvgIpc) is 3.20. The second-order valence-corrected chi connectivity index (χ2v) is 6.65. The third kappa shape index (κ3) is 5.42. The first kappa shape index (κ1) is 19.1. The van der Waals surface area contributed by atoms with Crippen LogP contribution in [-0.2, 0) is 9.59 Å². The molecule has 28 heavy (non-hydrogen) atoms. The van der Waals surface area contributed by atoms with Gasteiger partial charge in [0.05, 0.1) is 5.71 Å². The van der Waals surface area contributed by atoms with Crippen LogP contribution in [0, 0.1) is 0 Å². The summed E-state index contributed by atoms with van der Waals surface area (Å²) in [6, 6.07) is 19.1. The molecule has 0 saturated heterocycles. The Labute approximate surface area is 165 Å². The van der Waals surface area contributed by atoms with Gasteiger partial charge in [-0.1, -0.05) is 78.1 Å². The van der Waals surface area contributed by atoms with Crippen LogP contribution in [0.4, 0.5) is 5.13 Å². The number of rotatable bonds is 5. The van der Waals surface area contributed by atoms with Crippen molar-refractivity contribution in [1.82, 2.24) is 15.6 Å². The third-order valence-corrected chi connectivity index (χ3v) is 4.41. The van der Waals surface area contributed by atoms with Crippen molar-refractivity contribution in [3.05, 3.63) is 72.3 Å². The molecule has 0 aliphatic heterocycles. The summed E-state index contributed by atoms with van der Waals surface area (Å²) in [5, 5.41) is 15.1. The maximum absolute atomic E-state index is 12.0. The Bertz CT molecular complexity index is 1010. The number of aromatic nitrogens is 2. The van der Waals surface area contributed by atoms with Crippen LogP contribution in [0.5, 0.6) is 0 Å². The highest BCUT2D eigenvalue weighted by atomic mass is 32.1. The zero-order valence-electron chi connectivity index (χ0n) is 15.0. The monoisotopic (exact) mass is 391 g/mol. The number of carbonyl (C=O) groups excluding carboxylic acids is 2. The molecular weight excluding hydrogens is 374 g/mol. The van der Waals surface area contributed by atoms with E-state index in [4.69, 9.17) is 0 Å². The normalized spacial score (nSPS) is 11.4. The molecule has 0 spiro atoms. The summed E-state index contributed by atoms with van der Waals surface area (Å²) in [4.78, 5) is 23.9. The van der Waals surface area contributed by atoms with E-state index in [1.54, 1.807) is 13.0 Å². The lowest BCUT2D eigenvalue weighted by atomic mass is 10.2. The number of nitrogens with zero attached hydrogens (tertiary/aromatic N) is 3. The molecule has 8 heteroatoms. The standard InChI is InChI=1S/C20H17N5O2S/c1-14(12-13-15-8-4-2-5-9-15)22-23-18(27)17(26)21-20-25-24-19(28-20)16-10-6-3-7-11-16/h2-13H,1H3,(H,23,27)(H,21,25,26). The van der Waals surface area contributed by atoms with Gasteiger partial charge in [0.2, 0.25) is 5.13 Å². The number of amides is 2. The van der Waals surface area contributed by atoms with Crippen molar-refractivity contribution in [2.24, 2.45) is 5.10 Å². The maximum Gasteiger partial charge on any atom is 0.329 e. The van der Waals surface area contributed by atoms with Crippen LogP contribution in [0.25, 0.3) is 16.6 Å². The molecule has 1 heterocycles. The number of anilines is 1. The Hall–Kier alpha value is -3.65. The van der Waals surface area contributed by atoms with E-state index in [9.17, 15) is 9.59 Å². The van der Waals surface area contributed by atoms with Crippen LogP contribution in [-0.4, -0.2) is 27.7 Å². The van der Waals surface area contributed by atoms with Crippen LogP contribution in [0.15, 0.2) is 71.8 Å². The van der Waals surface area contributed by atoms with Crippen molar-refractivity contribution in [2.75, 3.05) is 5.32 Å². The van der Waals surface area contributed by atoms with Crippen LogP contribution >= 0.6 is 11.3 Å². The molecule has 0 aliphatic carbocycles. The predicted octanol–water partition coefficient (Wildman–Crippen LogP) is 3.35. The largest absolute Gasteiger partial charge is 0.329 e. The van der Waals surface area contributed by atoms with E-state index in [1.165, 1.54) is 11.3 Å². The molecule has 0 fully saturated rings. The Morgan fingerprint density at radius 3 is 2.36 bits per heavy atom.